The minimum Gasteiger partial charge on any atom is -0.383 e. The molecule has 0 fully saturated rings. The minimum absolute atomic E-state index is 0.411. The largest absolute Gasteiger partial charge is 0.383 e. The number of rotatable bonds is 2. The van der Waals surface area contributed by atoms with E-state index in [0.717, 1.165) is 31.3 Å². The molecule has 0 aliphatic rings. The van der Waals surface area contributed by atoms with E-state index < -0.39 is 5.91 Å². The van der Waals surface area contributed by atoms with Gasteiger partial charge in [0.25, 0.3) is 5.91 Å². The molecule has 0 atom stereocenters. The Morgan fingerprint density at radius 1 is 1.00 bits per heavy atom. The number of anilines is 1. The predicted molar refractivity (Wildman–Crippen MR) is 95.5 cm³/mol. The number of carbonyl (C=O) groups excluding carboxylic acids is 1. The molecular weight excluding hydrogens is 306 g/mol. The molecule has 0 saturated heterocycles. The Morgan fingerprint density at radius 3 is 2.52 bits per heavy atom. The molecule has 0 bridgehead atoms. The van der Waals surface area contributed by atoms with Crippen molar-refractivity contribution < 1.29 is 4.79 Å². The lowest BCUT2D eigenvalue weighted by atomic mass is 10.0. The van der Waals surface area contributed by atoms with Crippen molar-refractivity contribution in [2.24, 2.45) is 5.73 Å². The molecule has 1 amide bonds. The predicted octanol–water partition coefficient (Wildman–Crippen LogP) is 3.80. The van der Waals surface area contributed by atoms with E-state index in [1.807, 2.05) is 30.3 Å². The lowest BCUT2D eigenvalue weighted by Gasteiger charge is -2.03. The van der Waals surface area contributed by atoms with Crippen LogP contribution in [0.15, 0.2) is 54.7 Å². The van der Waals surface area contributed by atoms with Gasteiger partial charge in [-0.25, -0.2) is 4.98 Å². The highest BCUT2D eigenvalue weighted by atomic mass is 32.1. The number of benzene rings is 2. The van der Waals surface area contributed by atoms with Gasteiger partial charge in [0.05, 0.1) is 10.3 Å². The number of carbonyl (C=O) groups is 1. The number of hydrogen-bond donors (Lipinski definition) is 2. The van der Waals surface area contributed by atoms with Crippen molar-refractivity contribution in [2.45, 2.75) is 0 Å². The Kier molecular flexibility index (Phi) is 3.02. The summed E-state index contributed by atoms with van der Waals surface area (Å²) in [6.45, 7) is 0. The molecule has 4 nitrogen and oxygen atoms in total. The van der Waals surface area contributed by atoms with Crippen LogP contribution in [-0.4, -0.2) is 10.9 Å². The number of nitrogen functional groups attached to an aromatic ring is 1. The lowest BCUT2D eigenvalue weighted by Crippen LogP contribution is -2.11. The fourth-order valence-electron chi connectivity index (χ4n) is 2.84. The van der Waals surface area contributed by atoms with Crippen molar-refractivity contribution in [3.63, 3.8) is 0 Å². The molecule has 0 aliphatic carbocycles. The fourth-order valence-corrected chi connectivity index (χ4v) is 4.20. The third kappa shape index (κ3) is 2.05. The van der Waals surface area contributed by atoms with Gasteiger partial charge < -0.3 is 11.5 Å². The maximum atomic E-state index is 11.7. The van der Waals surface area contributed by atoms with Crippen LogP contribution in [0.25, 0.3) is 31.3 Å². The molecular formula is C18H13N3OS. The average Bonchev–Trinajstić information content (AvgIpc) is 2.95. The standard InChI is InChI=1S/C18H13N3OS/c19-17-14-12-8-4-7-11(10-5-2-1-3-6-10)15(12)23-16(14)13(9-21-17)18(20)22/h1-9H,(H2,19,21)(H2,20,22). The second-order valence-corrected chi connectivity index (χ2v) is 6.30. The minimum atomic E-state index is -0.490. The zero-order chi connectivity index (χ0) is 16.0. The van der Waals surface area contributed by atoms with Gasteiger partial charge in [0.15, 0.2) is 0 Å². The average molecular weight is 319 g/mol. The molecule has 0 radical (unpaired) electrons. The third-order valence-corrected chi connectivity index (χ3v) is 5.17. The van der Waals surface area contributed by atoms with E-state index in [0.29, 0.717) is 11.4 Å². The van der Waals surface area contributed by atoms with E-state index in [1.165, 1.54) is 17.5 Å². The number of pyridine rings is 1. The van der Waals surface area contributed by atoms with Gasteiger partial charge >= 0.3 is 0 Å². The Morgan fingerprint density at radius 2 is 1.78 bits per heavy atom. The van der Waals surface area contributed by atoms with Crippen molar-refractivity contribution in [3.8, 4) is 11.1 Å². The summed E-state index contributed by atoms with van der Waals surface area (Å²) >= 11 is 1.53. The number of hydrogen-bond acceptors (Lipinski definition) is 4. The number of fused-ring (bicyclic) bond motifs is 3. The van der Waals surface area contributed by atoms with E-state index >= 15 is 0 Å². The summed E-state index contributed by atoms with van der Waals surface area (Å²) in [5, 5.41) is 1.80. The van der Waals surface area contributed by atoms with Gasteiger partial charge in [0, 0.05) is 21.7 Å². The first-order chi connectivity index (χ1) is 11.2. The molecule has 4 rings (SSSR count). The number of nitrogens with zero attached hydrogens (tertiary/aromatic N) is 1. The van der Waals surface area contributed by atoms with Crippen LogP contribution in [0.4, 0.5) is 5.82 Å². The fraction of sp³-hybridized carbons (Fsp3) is 0. The van der Waals surface area contributed by atoms with Crippen LogP contribution >= 0.6 is 11.3 Å². The molecule has 2 heterocycles. The van der Waals surface area contributed by atoms with E-state index in [-0.39, 0.29) is 0 Å². The van der Waals surface area contributed by atoms with Gasteiger partial charge in [-0.2, -0.15) is 0 Å². The Balaban J connectivity index is 2.16. The number of thiophene rings is 1. The molecule has 23 heavy (non-hydrogen) atoms. The van der Waals surface area contributed by atoms with Crippen LogP contribution in [0, 0.1) is 0 Å². The topological polar surface area (TPSA) is 82.0 Å². The zero-order valence-corrected chi connectivity index (χ0v) is 12.9. The molecule has 2 aromatic heterocycles. The summed E-state index contributed by atoms with van der Waals surface area (Å²) in [6, 6.07) is 16.2. The van der Waals surface area contributed by atoms with Crippen LogP contribution < -0.4 is 11.5 Å². The highest BCUT2D eigenvalue weighted by Crippen LogP contribution is 2.42. The summed E-state index contributed by atoms with van der Waals surface area (Å²) in [5.74, 6) is -0.0724. The lowest BCUT2D eigenvalue weighted by molar-refractivity contribution is 0.100. The molecule has 112 valence electrons. The first kappa shape index (κ1) is 13.7. The molecule has 0 aliphatic heterocycles. The maximum absolute atomic E-state index is 11.7. The Hall–Kier alpha value is -2.92. The zero-order valence-electron chi connectivity index (χ0n) is 12.1. The molecule has 2 aromatic carbocycles. The van der Waals surface area contributed by atoms with Gasteiger partial charge in [-0.3, -0.25) is 4.79 Å². The van der Waals surface area contributed by atoms with Crippen molar-refractivity contribution in [1.82, 2.24) is 4.98 Å². The molecule has 4 aromatic rings. The normalized spacial score (nSPS) is 11.1. The summed E-state index contributed by atoms with van der Waals surface area (Å²) < 4.78 is 1.87. The first-order valence-electron chi connectivity index (χ1n) is 7.11. The molecule has 0 saturated carbocycles. The van der Waals surface area contributed by atoms with Gasteiger partial charge in [0.1, 0.15) is 5.82 Å². The van der Waals surface area contributed by atoms with Gasteiger partial charge in [-0.15, -0.1) is 11.3 Å². The third-order valence-electron chi connectivity index (χ3n) is 3.90. The van der Waals surface area contributed by atoms with E-state index in [2.05, 4.69) is 23.2 Å². The van der Waals surface area contributed by atoms with Gasteiger partial charge in [-0.05, 0) is 11.1 Å². The summed E-state index contributed by atoms with van der Waals surface area (Å²) in [7, 11) is 0. The smallest absolute Gasteiger partial charge is 0.251 e. The first-order valence-corrected chi connectivity index (χ1v) is 7.93. The summed E-state index contributed by atoms with van der Waals surface area (Å²) in [5.41, 5.74) is 14.2. The van der Waals surface area contributed by atoms with E-state index in [9.17, 15) is 4.79 Å². The van der Waals surface area contributed by atoms with Crippen LogP contribution in [0.3, 0.4) is 0 Å². The highest BCUT2D eigenvalue weighted by molar-refractivity contribution is 7.26. The number of nitrogens with two attached hydrogens (primary N) is 2. The molecule has 4 N–H and O–H groups in total. The van der Waals surface area contributed by atoms with Crippen molar-refractivity contribution >= 4 is 43.2 Å². The van der Waals surface area contributed by atoms with Crippen LogP contribution in [0.1, 0.15) is 10.4 Å². The van der Waals surface area contributed by atoms with Crippen molar-refractivity contribution in [3.05, 3.63) is 60.3 Å². The van der Waals surface area contributed by atoms with Gasteiger partial charge in [-0.1, -0.05) is 48.5 Å². The second kappa shape index (κ2) is 5.07. The molecule has 0 spiro atoms. The highest BCUT2D eigenvalue weighted by Gasteiger charge is 2.17. The van der Waals surface area contributed by atoms with Gasteiger partial charge in [0.2, 0.25) is 0 Å². The van der Waals surface area contributed by atoms with Crippen LogP contribution in [0.5, 0.6) is 0 Å². The quantitative estimate of drug-likeness (QED) is 0.589. The van der Waals surface area contributed by atoms with Crippen LogP contribution in [0.2, 0.25) is 0 Å². The second-order valence-electron chi connectivity index (χ2n) is 5.28. The molecule has 5 heteroatoms. The Labute approximate surface area is 136 Å². The van der Waals surface area contributed by atoms with E-state index in [4.69, 9.17) is 11.5 Å². The Bertz CT molecular complexity index is 1050. The van der Waals surface area contributed by atoms with Crippen molar-refractivity contribution in [1.29, 1.82) is 0 Å². The maximum Gasteiger partial charge on any atom is 0.251 e. The van der Waals surface area contributed by atoms with E-state index in [1.54, 1.807) is 0 Å². The van der Waals surface area contributed by atoms with Crippen LogP contribution in [-0.2, 0) is 0 Å². The SMILES string of the molecule is NC(=O)c1cnc(N)c2c1sc1c(-c3ccccc3)cccc12. The van der Waals surface area contributed by atoms with Crippen molar-refractivity contribution in [2.75, 3.05) is 5.73 Å². The monoisotopic (exact) mass is 319 g/mol. The summed E-state index contributed by atoms with van der Waals surface area (Å²) in [4.78, 5) is 15.8. The number of amides is 1. The number of primary amides is 1. The number of aromatic nitrogens is 1. The molecule has 0 unspecified atom stereocenters. The summed E-state index contributed by atoms with van der Waals surface area (Å²) in [6.07, 6.45) is 1.46.